The van der Waals surface area contributed by atoms with Crippen LogP contribution in [0.4, 0.5) is 0 Å². The first kappa shape index (κ1) is 13.6. The molecule has 2 aromatic rings. The van der Waals surface area contributed by atoms with E-state index in [1.165, 1.54) is 5.56 Å². The largest absolute Gasteiger partial charge is 0.493 e. The van der Waals surface area contributed by atoms with Crippen LogP contribution in [0.1, 0.15) is 28.6 Å². The number of hydrogen-bond donors (Lipinski definition) is 1. The van der Waals surface area contributed by atoms with Crippen molar-refractivity contribution in [3.05, 3.63) is 57.3 Å². The second-order valence-electron chi connectivity index (χ2n) is 5.17. The summed E-state index contributed by atoms with van der Waals surface area (Å²) in [6.45, 7) is 2.74. The van der Waals surface area contributed by atoms with E-state index in [1.54, 1.807) is 0 Å². The maximum atomic E-state index is 6.31. The van der Waals surface area contributed by atoms with Gasteiger partial charge in [0, 0.05) is 16.6 Å². The first-order valence-electron chi connectivity index (χ1n) is 6.77. The summed E-state index contributed by atoms with van der Waals surface area (Å²) in [6.07, 6.45) is 1.71. The van der Waals surface area contributed by atoms with Crippen molar-refractivity contribution in [3.63, 3.8) is 0 Å². The van der Waals surface area contributed by atoms with E-state index in [2.05, 4.69) is 33.0 Å². The summed E-state index contributed by atoms with van der Waals surface area (Å²) in [5, 5.41) is 0. The molecule has 0 bridgehead atoms. The third-order valence-electron chi connectivity index (χ3n) is 3.55. The molecule has 0 spiro atoms. The SMILES string of the molecule is Cc1cccc(C(N)Cc2cc(Br)cc3c2OCC3)n1. The number of pyridine rings is 1. The summed E-state index contributed by atoms with van der Waals surface area (Å²) >= 11 is 3.56. The van der Waals surface area contributed by atoms with Gasteiger partial charge in [0.2, 0.25) is 0 Å². The lowest BCUT2D eigenvalue weighted by molar-refractivity contribution is 0.352. The van der Waals surface area contributed by atoms with Crippen molar-refractivity contribution in [1.29, 1.82) is 0 Å². The van der Waals surface area contributed by atoms with Crippen LogP contribution >= 0.6 is 15.9 Å². The molecule has 1 aromatic carbocycles. The molecule has 4 heteroatoms. The Morgan fingerprint density at radius 3 is 3.05 bits per heavy atom. The molecule has 1 atom stereocenters. The highest BCUT2D eigenvalue weighted by molar-refractivity contribution is 9.10. The normalized spacial score (nSPS) is 14.8. The number of rotatable bonds is 3. The first-order valence-corrected chi connectivity index (χ1v) is 7.56. The van der Waals surface area contributed by atoms with E-state index in [0.29, 0.717) is 0 Å². The predicted molar refractivity (Wildman–Crippen MR) is 82.9 cm³/mol. The van der Waals surface area contributed by atoms with Crippen LogP contribution in [0.3, 0.4) is 0 Å². The monoisotopic (exact) mass is 332 g/mol. The van der Waals surface area contributed by atoms with Crippen LogP contribution in [0.25, 0.3) is 0 Å². The molecule has 20 heavy (non-hydrogen) atoms. The minimum absolute atomic E-state index is 0.113. The van der Waals surface area contributed by atoms with Crippen molar-refractivity contribution in [2.24, 2.45) is 5.73 Å². The Hall–Kier alpha value is -1.39. The van der Waals surface area contributed by atoms with Gasteiger partial charge in [0.1, 0.15) is 5.75 Å². The molecule has 0 saturated heterocycles. The van der Waals surface area contributed by atoms with E-state index in [4.69, 9.17) is 10.5 Å². The number of fused-ring (bicyclic) bond motifs is 1. The van der Waals surface area contributed by atoms with E-state index < -0.39 is 0 Å². The Kier molecular flexibility index (Phi) is 3.76. The molecule has 0 fully saturated rings. The number of nitrogens with zero attached hydrogens (tertiary/aromatic N) is 1. The molecule has 2 heterocycles. The number of ether oxygens (including phenoxy) is 1. The van der Waals surface area contributed by atoms with E-state index in [1.807, 2.05) is 25.1 Å². The summed E-state index contributed by atoms with van der Waals surface area (Å²) in [6, 6.07) is 10.1. The van der Waals surface area contributed by atoms with Crippen LogP contribution < -0.4 is 10.5 Å². The fraction of sp³-hybridized carbons (Fsp3) is 0.312. The molecule has 0 saturated carbocycles. The highest BCUT2D eigenvalue weighted by atomic mass is 79.9. The molecular formula is C16H17BrN2O. The fourth-order valence-electron chi connectivity index (χ4n) is 2.61. The maximum absolute atomic E-state index is 6.31. The summed E-state index contributed by atoms with van der Waals surface area (Å²) in [5.41, 5.74) is 10.6. The zero-order valence-electron chi connectivity index (χ0n) is 11.4. The summed E-state index contributed by atoms with van der Waals surface area (Å²) in [4.78, 5) is 4.51. The van der Waals surface area contributed by atoms with E-state index >= 15 is 0 Å². The second-order valence-corrected chi connectivity index (χ2v) is 6.08. The summed E-state index contributed by atoms with van der Waals surface area (Å²) < 4.78 is 6.83. The van der Waals surface area contributed by atoms with Crippen molar-refractivity contribution in [3.8, 4) is 5.75 Å². The molecule has 1 unspecified atom stereocenters. The number of aromatic nitrogens is 1. The van der Waals surface area contributed by atoms with Gasteiger partial charge < -0.3 is 10.5 Å². The summed E-state index contributed by atoms with van der Waals surface area (Å²) in [5.74, 6) is 1.01. The first-order chi connectivity index (χ1) is 9.63. The number of benzene rings is 1. The smallest absolute Gasteiger partial charge is 0.125 e. The van der Waals surface area contributed by atoms with E-state index in [9.17, 15) is 0 Å². The van der Waals surface area contributed by atoms with Gasteiger partial charge in [-0.2, -0.15) is 0 Å². The number of hydrogen-bond acceptors (Lipinski definition) is 3. The average Bonchev–Trinajstić information content (AvgIpc) is 2.86. The quantitative estimate of drug-likeness (QED) is 0.937. The van der Waals surface area contributed by atoms with Gasteiger partial charge in [-0.1, -0.05) is 22.0 Å². The third kappa shape index (κ3) is 2.72. The highest BCUT2D eigenvalue weighted by Gasteiger charge is 2.20. The van der Waals surface area contributed by atoms with Crippen LogP contribution in [0.15, 0.2) is 34.8 Å². The van der Waals surface area contributed by atoms with Gasteiger partial charge in [0.05, 0.1) is 18.3 Å². The van der Waals surface area contributed by atoms with Gasteiger partial charge in [-0.05, 0) is 48.7 Å². The lowest BCUT2D eigenvalue weighted by atomic mass is 10.00. The van der Waals surface area contributed by atoms with Gasteiger partial charge in [0.15, 0.2) is 0 Å². The van der Waals surface area contributed by atoms with E-state index in [0.717, 1.165) is 46.6 Å². The van der Waals surface area contributed by atoms with Crippen molar-refractivity contribution in [1.82, 2.24) is 4.98 Å². The molecule has 0 radical (unpaired) electrons. The van der Waals surface area contributed by atoms with Gasteiger partial charge in [0.25, 0.3) is 0 Å². The maximum Gasteiger partial charge on any atom is 0.125 e. The zero-order chi connectivity index (χ0) is 14.1. The molecule has 0 amide bonds. The Morgan fingerprint density at radius 1 is 1.40 bits per heavy atom. The molecule has 2 N–H and O–H groups in total. The van der Waals surface area contributed by atoms with Gasteiger partial charge in [-0.3, -0.25) is 4.98 Å². The molecule has 3 nitrogen and oxygen atoms in total. The Bertz CT molecular complexity index is 642. The van der Waals surface area contributed by atoms with Crippen molar-refractivity contribution >= 4 is 15.9 Å². The van der Waals surface area contributed by atoms with Crippen LogP contribution in [0.5, 0.6) is 5.75 Å². The van der Waals surface area contributed by atoms with Gasteiger partial charge >= 0.3 is 0 Å². The van der Waals surface area contributed by atoms with Crippen LogP contribution in [-0.4, -0.2) is 11.6 Å². The lowest BCUT2D eigenvalue weighted by Gasteiger charge is -2.14. The average molecular weight is 333 g/mol. The van der Waals surface area contributed by atoms with Crippen molar-refractivity contribution in [2.45, 2.75) is 25.8 Å². The van der Waals surface area contributed by atoms with Crippen molar-refractivity contribution < 1.29 is 4.74 Å². The molecule has 1 aromatic heterocycles. The predicted octanol–water partition coefficient (Wildman–Crippen LogP) is 3.33. The number of nitrogens with two attached hydrogens (primary N) is 1. The molecule has 0 aliphatic carbocycles. The van der Waals surface area contributed by atoms with Crippen LogP contribution in [0, 0.1) is 6.92 Å². The lowest BCUT2D eigenvalue weighted by Crippen LogP contribution is -2.15. The topological polar surface area (TPSA) is 48.1 Å². The minimum atomic E-state index is -0.113. The van der Waals surface area contributed by atoms with Crippen LogP contribution in [0.2, 0.25) is 0 Å². The molecule has 104 valence electrons. The second kappa shape index (κ2) is 5.54. The van der Waals surface area contributed by atoms with Gasteiger partial charge in [-0.25, -0.2) is 0 Å². The number of halogens is 1. The third-order valence-corrected chi connectivity index (χ3v) is 4.01. The standard InChI is InChI=1S/C16H17BrN2O/c1-10-3-2-4-15(19-10)14(18)9-12-8-13(17)7-11-5-6-20-16(11)12/h2-4,7-8,14H,5-6,9,18H2,1H3. The molecule has 1 aliphatic rings. The zero-order valence-corrected chi connectivity index (χ0v) is 13.0. The van der Waals surface area contributed by atoms with Gasteiger partial charge in [-0.15, -0.1) is 0 Å². The molecule has 1 aliphatic heterocycles. The Morgan fingerprint density at radius 2 is 2.25 bits per heavy atom. The van der Waals surface area contributed by atoms with Crippen molar-refractivity contribution in [2.75, 3.05) is 6.61 Å². The highest BCUT2D eigenvalue weighted by Crippen LogP contribution is 2.34. The fourth-order valence-corrected chi connectivity index (χ4v) is 3.16. The van der Waals surface area contributed by atoms with Crippen LogP contribution in [-0.2, 0) is 12.8 Å². The molecule has 3 rings (SSSR count). The van der Waals surface area contributed by atoms with E-state index in [-0.39, 0.29) is 6.04 Å². The summed E-state index contributed by atoms with van der Waals surface area (Å²) in [7, 11) is 0. The Balaban J connectivity index is 1.88. The number of aryl methyl sites for hydroxylation is 1. The molecular weight excluding hydrogens is 316 g/mol. The Labute approximate surface area is 127 Å². The minimum Gasteiger partial charge on any atom is -0.493 e.